The Bertz CT molecular complexity index is 1160. The SMILES string of the molecule is CCC[C@H](NC(=O)[C@H]1CCCN(c2ccc(=O)n(-c3ccc(C)c(Cl)c3)n2)C1)c1cccs1. The molecule has 6 nitrogen and oxygen atoms in total. The van der Waals surface area contributed by atoms with Gasteiger partial charge in [0.1, 0.15) is 5.82 Å². The topological polar surface area (TPSA) is 67.2 Å². The second kappa shape index (κ2) is 10.5. The van der Waals surface area contributed by atoms with Gasteiger partial charge in [-0.05, 0) is 61.4 Å². The van der Waals surface area contributed by atoms with Crippen LogP contribution in [-0.2, 0) is 4.79 Å². The molecule has 0 aliphatic carbocycles. The van der Waals surface area contributed by atoms with Gasteiger partial charge in [0.25, 0.3) is 5.56 Å². The van der Waals surface area contributed by atoms with Gasteiger partial charge in [-0.2, -0.15) is 4.68 Å². The molecule has 1 aliphatic heterocycles. The summed E-state index contributed by atoms with van der Waals surface area (Å²) in [6.45, 7) is 5.43. The lowest BCUT2D eigenvalue weighted by Gasteiger charge is -2.33. The third-order valence-electron chi connectivity index (χ3n) is 6.08. The van der Waals surface area contributed by atoms with Crippen LogP contribution in [0.15, 0.2) is 52.6 Å². The number of anilines is 1. The molecule has 3 aromatic rings. The summed E-state index contributed by atoms with van der Waals surface area (Å²) in [5.74, 6) is 0.659. The number of halogens is 1. The largest absolute Gasteiger partial charge is 0.354 e. The number of thiophene rings is 1. The second-order valence-electron chi connectivity index (χ2n) is 8.53. The Hall–Kier alpha value is -2.64. The number of piperidine rings is 1. The van der Waals surface area contributed by atoms with Crippen LogP contribution >= 0.6 is 22.9 Å². The number of aromatic nitrogens is 2. The molecule has 0 saturated carbocycles. The van der Waals surface area contributed by atoms with Gasteiger partial charge in [-0.1, -0.05) is 37.1 Å². The normalized spacial score (nSPS) is 17.1. The van der Waals surface area contributed by atoms with Gasteiger partial charge >= 0.3 is 0 Å². The van der Waals surface area contributed by atoms with E-state index in [0.29, 0.717) is 23.1 Å². The van der Waals surface area contributed by atoms with E-state index >= 15 is 0 Å². The average Bonchev–Trinajstić information content (AvgIpc) is 3.36. The Balaban J connectivity index is 1.50. The smallest absolute Gasteiger partial charge is 0.271 e. The van der Waals surface area contributed by atoms with E-state index < -0.39 is 0 Å². The van der Waals surface area contributed by atoms with E-state index in [2.05, 4.69) is 28.3 Å². The molecule has 0 bridgehead atoms. The van der Waals surface area contributed by atoms with E-state index in [-0.39, 0.29) is 23.4 Å². The maximum Gasteiger partial charge on any atom is 0.271 e. The van der Waals surface area contributed by atoms with Crippen LogP contribution in [0.25, 0.3) is 5.69 Å². The number of rotatable bonds is 7. The molecule has 1 saturated heterocycles. The fourth-order valence-corrected chi connectivity index (χ4v) is 5.21. The van der Waals surface area contributed by atoms with Crippen molar-refractivity contribution in [3.05, 3.63) is 73.7 Å². The van der Waals surface area contributed by atoms with E-state index in [1.807, 2.05) is 30.5 Å². The summed E-state index contributed by atoms with van der Waals surface area (Å²) in [4.78, 5) is 28.9. The second-order valence-corrected chi connectivity index (χ2v) is 9.91. The Morgan fingerprint density at radius 1 is 1.30 bits per heavy atom. The zero-order valence-corrected chi connectivity index (χ0v) is 20.5. The van der Waals surface area contributed by atoms with Gasteiger partial charge in [0.15, 0.2) is 0 Å². The third-order valence-corrected chi connectivity index (χ3v) is 7.48. The van der Waals surface area contributed by atoms with Crippen molar-refractivity contribution < 1.29 is 4.79 Å². The van der Waals surface area contributed by atoms with Gasteiger partial charge in [0.2, 0.25) is 5.91 Å². The van der Waals surface area contributed by atoms with Crippen LogP contribution < -0.4 is 15.8 Å². The van der Waals surface area contributed by atoms with E-state index in [4.69, 9.17) is 11.6 Å². The fraction of sp³-hybridized carbons (Fsp3) is 0.400. The Labute approximate surface area is 203 Å². The zero-order chi connectivity index (χ0) is 23.4. The van der Waals surface area contributed by atoms with E-state index in [1.165, 1.54) is 15.6 Å². The van der Waals surface area contributed by atoms with Crippen LogP contribution in [0.2, 0.25) is 5.02 Å². The van der Waals surface area contributed by atoms with Crippen LogP contribution in [0.5, 0.6) is 0 Å². The quantitative estimate of drug-likeness (QED) is 0.504. The van der Waals surface area contributed by atoms with Crippen molar-refractivity contribution >= 4 is 34.7 Å². The number of nitrogens with one attached hydrogen (secondary N) is 1. The fourth-order valence-electron chi connectivity index (χ4n) is 4.22. The zero-order valence-electron chi connectivity index (χ0n) is 19.0. The van der Waals surface area contributed by atoms with Gasteiger partial charge in [0, 0.05) is 29.1 Å². The van der Waals surface area contributed by atoms with Crippen molar-refractivity contribution in [3.63, 3.8) is 0 Å². The third kappa shape index (κ3) is 5.47. The molecule has 0 radical (unpaired) electrons. The summed E-state index contributed by atoms with van der Waals surface area (Å²) in [6, 6.07) is 12.9. The highest BCUT2D eigenvalue weighted by atomic mass is 35.5. The summed E-state index contributed by atoms with van der Waals surface area (Å²) in [5.41, 5.74) is 1.35. The number of nitrogens with zero attached hydrogens (tertiary/aromatic N) is 3. The number of carbonyl (C=O) groups excluding carboxylic acids is 1. The van der Waals surface area contributed by atoms with E-state index in [1.54, 1.807) is 23.5 Å². The standard InChI is InChI=1S/C25H29ClN4O2S/c1-3-6-21(22-8-5-14-33-22)27-25(32)18-7-4-13-29(16-18)23-11-12-24(31)30(28-23)19-10-9-17(2)20(26)15-19/h5,8-12,14-15,18,21H,3-4,6-7,13,16H2,1-2H3,(H,27,32)/t18-,21-/m0/s1. The highest BCUT2D eigenvalue weighted by Gasteiger charge is 2.28. The minimum atomic E-state index is -0.219. The Kier molecular flexibility index (Phi) is 7.50. The Morgan fingerprint density at radius 2 is 2.15 bits per heavy atom. The molecule has 4 rings (SSSR count). The minimum Gasteiger partial charge on any atom is -0.354 e. The first kappa shape index (κ1) is 23.5. The summed E-state index contributed by atoms with van der Waals surface area (Å²) in [7, 11) is 0. The number of aryl methyl sites for hydroxylation is 1. The van der Waals surface area contributed by atoms with Gasteiger partial charge in [-0.25, -0.2) is 0 Å². The summed E-state index contributed by atoms with van der Waals surface area (Å²) >= 11 is 7.94. The molecule has 1 fully saturated rings. The number of hydrogen-bond acceptors (Lipinski definition) is 5. The van der Waals surface area contributed by atoms with Crippen LogP contribution in [0.4, 0.5) is 5.82 Å². The van der Waals surface area contributed by atoms with Crippen molar-refractivity contribution in [2.45, 2.75) is 45.6 Å². The first-order valence-corrected chi connectivity index (χ1v) is 12.7. The Morgan fingerprint density at radius 3 is 2.88 bits per heavy atom. The highest BCUT2D eigenvalue weighted by molar-refractivity contribution is 7.10. The van der Waals surface area contributed by atoms with Crippen molar-refractivity contribution in [1.82, 2.24) is 15.1 Å². The van der Waals surface area contributed by atoms with E-state index in [9.17, 15) is 9.59 Å². The maximum absolute atomic E-state index is 13.1. The van der Waals surface area contributed by atoms with Crippen LogP contribution in [0, 0.1) is 12.8 Å². The van der Waals surface area contributed by atoms with Gasteiger partial charge in [-0.3, -0.25) is 9.59 Å². The minimum absolute atomic E-state index is 0.0594. The molecule has 8 heteroatoms. The molecule has 0 spiro atoms. The molecule has 1 aliphatic rings. The molecule has 2 atom stereocenters. The number of amides is 1. The van der Waals surface area contributed by atoms with Gasteiger partial charge < -0.3 is 10.2 Å². The average molecular weight is 485 g/mol. The first-order valence-electron chi connectivity index (χ1n) is 11.4. The summed E-state index contributed by atoms with van der Waals surface area (Å²) in [5, 5.41) is 10.5. The molecule has 2 aromatic heterocycles. The predicted molar refractivity (Wildman–Crippen MR) is 135 cm³/mol. The lowest BCUT2D eigenvalue weighted by atomic mass is 9.96. The van der Waals surface area contributed by atoms with Crippen LogP contribution in [0.1, 0.15) is 49.1 Å². The number of carbonyl (C=O) groups is 1. The lowest BCUT2D eigenvalue weighted by Crippen LogP contribution is -2.44. The molecule has 1 amide bonds. The lowest BCUT2D eigenvalue weighted by molar-refractivity contribution is -0.126. The number of benzene rings is 1. The first-order chi connectivity index (χ1) is 16.0. The predicted octanol–water partition coefficient (Wildman–Crippen LogP) is 5.13. The molecule has 0 unspecified atom stereocenters. The van der Waals surface area contributed by atoms with Crippen molar-refractivity contribution in [1.29, 1.82) is 0 Å². The van der Waals surface area contributed by atoms with Crippen molar-refractivity contribution in [2.24, 2.45) is 5.92 Å². The number of hydrogen-bond donors (Lipinski definition) is 1. The highest BCUT2D eigenvalue weighted by Crippen LogP contribution is 2.26. The molecular weight excluding hydrogens is 456 g/mol. The monoisotopic (exact) mass is 484 g/mol. The molecular formula is C25H29ClN4O2S. The van der Waals surface area contributed by atoms with Crippen LogP contribution in [0.3, 0.4) is 0 Å². The molecule has 1 N–H and O–H groups in total. The van der Waals surface area contributed by atoms with Crippen molar-refractivity contribution in [2.75, 3.05) is 18.0 Å². The summed E-state index contributed by atoms with van der Waals surface area (Å²) < 4.78 is 1.37. The van der Waals surface area contributed by atoms with E-state index in [0.717, 1.165) is 37.8 Å². The maximum atomic E-state index is 13.1. The van der Waals surface area contributed by atoms with Crippen LogP contribution in [-0.4, -0.2) is 28.8 Å². The van der Waals surface area contributed by atoms with Gasteiger partial charge in [0.05, 0.1) is 17.6 Å². The van der Waals surface area contributed by atoms with Gasteiger partial charge in [-0.15, -0.1) is 16.4 Å². The molecule has 33 heavy (non-hydrogen) atoms. The molecule has 174 valence electrons. The molecule has 1 aromatic carbocycles. The molecule has 3 heterocycles. The van der Waals surface area contributed by atoms with Crippen molar-refractivity contribution in [3.8, 4) is 5.69 Å². The summed E-state index contributed by atoms with van der Waals surface area (Å²) in [6.07, 6.45) is 3.67.